The second kappa shape index (κ2) is 4.53. The highest BCUT2D eigenvalue weighted by molar-refractivity contribution is 7.22. The number of halogens is 1. The fraction of sp³-hybridized carbons (Fsp3) is 0.267. The van der Waals surface area contributed by atoms with E-state index in [1.807, 2.05) is 0 Å². The number of fused-ring (bicyclic) bond motifs is 2. The molecule has 0 saturated heterocycles. The minimum absolute atomic E-state index is 0.241. The van der Waals surface area contributed by atoms with Crippen LogP contribution in [0.2, 0.25) is 0 Å². The van der Waals surface area contributed by atoms with E-state index in [4.69, 9.17) is 5.73 Å². The van der Waals surface area contributed by atoms with Gasteiger partial charge in [0, 0.05) is 16.5 Å². The van der Waals surface area contributed by atoms with E-state index in [1.54, 1.807) is 28.7 Å². The van der Waals surface area contributed by atoms with Crippen molar-refractivity contribution >= 4 is 37.9 Å². The second-order valence-corrected chi connectivity index (χ2v) is 7.25. The Morgan fingerprint density at radius 1 is 1.15 bits per heavy atom. The molecular weight excluding hydrogens is 291 g/mol. The summed E-state index contributed by atoms with van der Waals surface area (Å²) in [4.78, 5) is 6.00. The maximum Gasteiger partial charge on any atom is 0.127 e. The molecule has 0 radical (unpaired) electrons. The second-order valence-electron chi connectivity index (χ2n) is 5.08. The smallest absolute Gasteiger partial charge is 0.127 e. The van der Waals surface area contributed by atoms with Crippen LogP contribution in [0.25, 0.3) is 20.8 Å². The Labute approximate surface area is 124 Å². The SMILES string of the molecule is Nc1sc2c(c1-c1nc3cc(F)ccc3s1)CCCC2. The number of hydrogen-bond donors (Lipinski definition) is 1. The van der Waals surface area contributed by atoms with Gasteiger partial charge in [-0.3, -0.25) is 0 Å². The zero-order valence-electron chi connectivity index (χ0n) is 10.8. The summed E-state index contributed by atoms with van der Waals surface area (Å²) < 4.78 is 14.3. The van der Waals surface area contributed by atoms with Crippen molar-refractivity contribution in [3.63, 3.8) is 0 Å². The lowest BCUT2D eigenvalue weighted by atomic mass is 9.96. The van der Waals surface area contributed by atoms with Crippen molar-refractivity contribution in [2.75, 3.05) is 5.73 Å². The van der Waals surface area contributed by atoms with Crippen LogP contribution >= 0.6 is 22.7 Å². The van der Waals surface area contributed by atoms with Gasteiger partial charge < -0.3 is 5.73 Å². The lowest BCUT2D eigenvalue weighted by Gasteiger charge is -2.11. The van der Waals surface area contributed by atoms with E-state index in [-0.39, 0.29) is 5.82 Å². The number of thiophene rings is 1. The van der Waals surface area contributed by atoms with E-state index in [0.717, 1.165) is 38.6 Å². The van der Waals surface area contributed by atoms with Gasteiger partial charge in [0.05, 0.1) is 15.2 Å². The van der Waals surface area contributed by atoms with Gasteiger partial charge in [0.25, 0.3) is 0 Å². The molecule has 0 fully saturated rings. The van der Waals surface area contributed by atoms with Gasteiger partial charge in [0.1, 0.15) is 10.8 Å². The number of anilines is 1. The van der Waals surface area contributed by atoms with Gasteiger partial charge >= 0.3 is 0 Å². The van der Waals surface area contributed by atoms with Crippen molar-refractivity contribution in [3.05, 3.63) is 34.5 Å². The Kier molecular flexibility index (Phi) is 2.79. The minimum Gasteiger partial charge on any atom is -0.390 e. The number of nitrogen functional groups attached to an aromatic ring is 1. The Morgan fingerprint density at radius 2 is 2.00 bits per heavy atom. The molecular formula is C15H13FN2S2. The summed E-state index contributed by atoms with van der Waals surface area (Å²) in [6, 6.07) is 4.77. The minimum atomic E-state index is -0.241. The fourth-order valence-corrected chi connectivity index (χ4v) is 5.09. The lowest BCUT2D eigenvalue weighted by molar-refractivity contribution is 0.629. The summed E-state index contributed by atoms with van der Waals surface area (Å²) in [6.07, 6.45) is 4.68. The van der Waals surface area contributed by atoms with Crippen LogP contribution in [-0.2, 0) is 12.8 Å². The Hall–Kier alpha value is -1.46. The first kappa shape index (κ1) is 12.3. The quantitative estimate of drug-likeness (QED) is 0.712. The first-order valence-corrected chi connectivity index (χ1v) is 8.32. The zero-order chi connectivity index (χ0) is 13.7. The number of nitrogens with two attached hydrogens (primary N) is 1. The largest absolute Gasteiger partial charge is 0.390 e. The number of aryl methyl sites for hydroxylation is 1. The molecule has 0 atom stereocenters. The number of hydrogen-bond acceptors (Lipinski definition) is 4. The van der Waals surface area contributed by atoms with E-state index in [9.17, 15) is 4.39 Å². The number of thiazole rings is 1. The van der Waals surface area contributed by atoms with Gasteiger partial charge in [-0.1, -0.05) is 0 Å². The summed E-state index contributed by atoms with van der Waals surface area (Å²) in [5.41, 5.74) is 9.41. The molecule has 4 rings (SSSR count). The zero-order valence-corrected chi connectivity index (χ0v) is 12.4. The van der Waals surface area contributed by atoms with Crippen LogP contribution in [-0.4, -0.2) is 4.98 Å². The molecule has 0 spiro atoms. The van der Waals surface area contributed by atoms with Crippen LogP contribution in [0.5, 0.6) is 0 Å². The molecule has 5 heteroatoms. The maximum atomic E-state index is 13.3. The summed E-state index contributed by atoms with van der Waals surface area (Å²) in [7, 11) is 0. The Bertz CT molecular complexity index is 804. The highest BCUT2D eigenvalue weighted by atomic mass is 32.1. The number of nitrogens with zero attached hydrogens (tertiary/aromatic N) is 1. The monoisotopic (exact) mass is 304 g/mol. The third-order valence-electron chi connectivity index (χ3n) is 3.76. The molecule has 2 nitrogen and oxygen atoms in total. The first-order valence-electron chi connectivity index (χ1n) is 6.69. The fourth-order valence-electron chi connectivity index (χ4n) is 2.83. The molecule has 0 unspecified atom stereocenters. The summed E-state index contributed by atoms with van der Waals surface area (Å²) in [6.45, 7) is 0. The van der Waals surface area contributed by atoms with Crippen LogP contribution < -0.4 is 5.73 Å². The van der Waals surface area contributed by atoms with Gasteiger partial charge in [-0.15, -0.1) is 22.7 Å². The van der Waals surface area contributed by atoms with Crippen molar-refractivity contribution in [1.82, 2.24) is 4.98 Å². The van der Waals surface area contributed by atoms with Crippen LogP contribution in [0, 0.1) is 5.82 Å². The standard InChI is InChI=1S/C15H13FN2S2/c16-8-5-6-12-10(7-8)18-15(20-12)13-9-3-1-2-4-11(9)19-14(13)17/h5-7H,1-4,17H2. The van der Waals surface area contributed by atoms with Gasteiger partial charge in [-0.2, -0.15) is 0 Å². The normalized spacial score (nSPS) is 14.7. The topological polar surface area (TPSA) is 38.9 Å². The van der Waals surface area contributed by atoms with E-state index in [1.165, 1.54) is 35.4 Å². The Balaban J connectivity index is 1.92. The third-order valence-corrected chi connectivity index (χ3v) is 5.94. The average molecular weight is 304 g/mol. The molecule has 0 amide bonds. The predicted molar refractivity (Wildman–Crippen MR) is 83.9 cm³/mol. The van der Waals surface area contributed by atoms with E-state index in [0.29, 0.717) is 0 Å². The molecule has 0 bridgehead atoms. The molecule has 2 N–H and O–H groups in total. The van der Waals surface area contributed by atoms with E-state index in [2.05, 4.69) is 4.98 Å². The van der Waals surface area contributed by atoms with Gasteiger partial charge in [0.15, 0.2) is 0 Å². The first-order chi connectivity index (χ1) is 9.72. The van der Waals surface area contributed by atoms with Crippen molar-refractivity contribution in [3.8, 4) is 10.6 Å². The van der Waals surface area contributed by atoms with E-state index >= 15 is 0 Å². The van der Waals surface area contributed by atoms with Crippen LogP contribution in [0.1, 0.15) is 23.3 Å². The summed E-state index contributed by atoms with van der Waals surface area (Å²) >= 11 is 3.29. The van der Waals surface area contributed by atoms with Crippen molar-refractivity contribution in [2.24, 2.45) is 0 Å². The van der Waals surface area contributed by atoms with Gasteiger partial charge in [-0.25, -0.2) is 9.37 Å². The van der Waals surface area contributed by atoms with Crippen molar-refractivity contribution in [1.29, 1.82) is 0 Å². The number of aromatic nitrogens is 1. The Morgan fingerprint density at radius 3 is 2.90 bits per heavy atom. The third kappa shape index (κ3) is 1.84. The van der Waals surface area contributed by atoms with Gasteiger partial charge in [0.2, 0.25) is 0 Å². The number of benzene rings is 1. The molecule has 1 aliphatic rings. The van der Waals surface area contributed by atoms with Gasteiger partial charge in [-0.05, 0) is 43.4 Å². The molecule has 2 heterocycles. The average Bonchev–Trinajstić information content (AvgIpc) is 2.97. The number of rotatable bonds is 1. The van der Waals surface area contributed by atoms with Crippen LogP contribution in [0.4, 0.5) is 9.39 Å². The summed E-state index contributed by atoms with van der Waals surface area (Å²) in [5, 5.41) is 1.79. The summed E-state index contributed by atoms with van der Waals surface area (Å²) in [5.74, 6) is -0.241. The highest BCUT2D eigenvalue weighted by Crippen LogP contribution is 2.44. The van der Waals surface area contributed by atoms with Crippen LogP contribution in [0.3, 0.4) is 0 Å². The molecule has 0 saturated carbocycles. The molecule has 102 valence electrons. The highest BCUT2D eigenvalue weighted by Gasteiger charge is 2.22. The molecule has 2 aromatic heterocycles. The lowest BCUT2D eigenvalue weighted by Crippen LogP contribution is -1.99. The molecule has 3 aromatic rings. The van der Waals surface area contributed by atoms with Crippen LogP contribution in [0.15, 0.2) is 18.2 Å². The predicted octanol–water partition coefficient (Wildman–Crippen LogP) is 4.62. The maximum absolute atomic E-state index is 13.3. The molecule has 1 aliphatic carbocycles. The molecule has 20 heavy (non-hydrogen) atoms. The van der Waals surface area contributed by atoms with Crippen molar-refractivity contribution < 1.29 is 4.39 Å². The van der Waals surface area contributed by atoms with E-state index < -0.39 is 0 Å². The molecule has 0 aliphatic heterocycles. The molecule has 1 aromatic carbocycles. The van der Waals surface area contributed by atoms with Crippen molar-refractivity contribution in [2.45, 2.75) is 25.7 Å².